The molecule has 0 atom stereocenters. The van der Waals surface area contributed by atoms with Crippen LogP contribution in [0.15, 0.2) is 57.9 Å². The molecule has 0 spiro atoms. The van der Waals surface area contributed by atoms with Crippen molar-refractivity contribution in [2.45, 2.75) is 23.7 Å². The Kier molecular flexibility index (Phi) is 5.31. The maximum Gasteiger partial charge on any atom is 0.269 e. The highest BCUT2D eigenvalue weighted by Gasteiger charge is 2.32. The number of piperidine rings is 1. The lowest BCUT2D eigenvalue weighted by atomic mass is 9.98. The molecule has 2 heterocycles. The zero-order chi connectivity index (χ0) is 21.3. The summed E-state index contributed by atoms with van der Waals surface area (Å²) >= 11 is 0. The minimum atomic E-state index is -3.74. The van der Waals surface area contributed by atoms with E-state index in [9.17, 15) is 22.9 Å². The Morgan fingerprint density at radius 2 is 1.70 bits per heavy atom. The molecule has 0 saturated carbocycles. The average Bonchev–Trinajstić information content (AvgIpc) is 3.25. The zero-order valence-corrected chi connectivity index (χ0v) is 16.5. The molecule has 30 heavy (non-hydrogen) atoms. The Labute approximate surface area is 171 Å². The largest absolute Gasteiger partial charge is 0.339 e. The second-order valence-electron chi connectivity index (χ2n) is 6.89. The van der Waals surface area contributed by atoms with E-state index >= 15 is 0 Å². The summed E-state index contributed by atoms with van der Waals surface area (Å²) in [6, 6.07) is 10.6. The number of nitro benzene ring substituents is 1. The first-order valence-corrected chi connectivity index (χ1v) is 10.6. The van der Waals surface area contributed by atoms with Crippen LogP contribution in [0.5, 0.6) is 0 Å². The van der Waals surface area contributed by atoms with Crippen LogP contribution in [0.4, 0.5) is 10.1 Å². The Balaban J connectivity index is 1.43. The van der Waals surface area contributed by atoms with Crippen molar-refractivity contribution < 1.29 is 22.3 Å². The van der Waals surface area contributed by atoms with Gasteiger partial charge >= 0.3 is 0 Å². The smallest absolute Gasteiger partial charge is 0.269 e. The van der Waals surface area contributed by atoms with Crippen LogP contribution in [-0.4, -0.2) is 40.9 Å². The molecular weight excluding hydrogens is 415 g/mol. The number of aromatic nitrogens is 2. The van der Waals surface area contributed by atoms with Gasteiger partial charge in [-0.3, -0.25) is 10.1 Å². The molecule has 0 radical (unpaired) electrons. The molecule has 0 unspecified atom stereocenters. The number of hydrogen-bond donors (Lipinski definition) is 0. The molecule has 3 aromatic rings. The second-order valence-corrected chi connectivity index (χ2v) is 8.83. The molecule has 0 amide bonds. The van der Waals surface area contributed by atoms with E-state index in [-0.39, 0.29) is 35.4 Å². The van der Waals surface area contributed by atoms with Crippen molar-refractivity contribution >= 4 is 15.7 Å². The molecule has 0 aliphatic carbocycles. The number of nitrogens with zero attached hydrogens (tertiary/aromatic N) is 4. The number of hydrogen-bond acceptors (Lipinski definition) is 7. The molecule has 4 rings (SSSR count). The van der Waals surface area contributed by atoms with Gasteiger partial charge in [0.2, 0.25) is 21.7 Å². The third-order valence-corrected chi connectivity index (χ3v) is 6.95. The van der Waals surface area contributed by atoms with E-state index < -0.39 is 14.9 Å². The Bertz CT molecular complexity index is 1150. The van der Waals surface area contributed by atoms with Crippen LogP contribution in [0.3, 0.4) is 0 Å². The highest BCUT2D eigenvalue weighted by atomic mass is 32.2. The molecule has 1 aromatic heterocycles. The Morgan fingerprint density at radius 3 is 2.30 bits per heavy atom. The molecule has 2 aromatic carbocycles. The summed E-state index contributed by atoms with van der Waals surface area (Å²) in [4.78, 5) is 14.6. The number of sulfonamides is 1. The van der Waals surface area contributed by atoms with E-state index in [2.05, 4.69) is 10.1 Å². The van der Waals surface area contributed by atoms with Gasteiger partial charge in [-0.05, 0) is 49.2 Å². The van der Waals surface area contributed by atoms with Gasteiger partial charge in [0.05, 0.1) is 9.82 Å². The maximum absolute atomic E-state index is 13.1. The van der Waals surface area contributed by atoms with E-state index in [1.807, 2.05) is 0 Å². The third kappa shape index (κ3) is 3.94. The van der Waals surface area contributed by atoms with Gasteiger partial charge in [-0.2, -0.15) is 9.29 Å². The predicted octanol–water partition coefficient (Wildman–Crippen LogP) is 3.35. The fraction of sp³-hybridized carbons (Fsp3) is 0.263. The van der Waals surface area contributed by atoms with Crippen LogP contribution >= 0.6 is 0 Å². The first-order chi connectivity index (χ1) is 14.3. The fourth-order valence-corrected chi connectivity index (χ4v) is 4.82. The van der Waals surface area contributed by atoms with Crippen molar-refractivity contribution in [3.05, 3.63) is 70.4 Å². The number of halogens is 1. The lowest BCUT2D eigenvalue weighted by Gasteiger charge is -2.29. The molecule has 1 fully saturated rings. The first kappa shape index (κ1) is 20.1. The summed E-state index contributed by atoms with van der Waals surface area (Å²) in [5.74, 6) is 0.326. The number of benzene rings is 2. The quantitative estimate of drug-likeness (QED) is 0.448. The van der Waals surface area contributed by atoms with E-state index in [1.54, 1.807) is 12.1 Å². The van der Waals surface area contributed by atoms with E-state index in [4.69, 9.17) is 4.52 Å². The number of nitro groups is 1. The molecule has 156 valence electrons. The highest BCUT2D eigenvalue weighted by Crippen LogP contribution is 2.31. The topological polar surface area (TPSA) is 119 Å². The summed E-state index contributed by atoms with van der Waals surface area (Å²) in [5.41, 5.74) is 0.464. The van der Waals surface area contributed by atoms with Crippen LogP contribution in [0.2, 0.25) is 0 Å². The van der Waals surface area contributed by atoms with Crippen molar-refractivity contribution in [3.63, 3.8) is 0 Å². The molecule has 1 aliphatic heterocycles. The molecule has 9 nitrogen and oxygen atoms in total. The van der Waals surface area contributed by atoms with Gasteiger partial charge in [0.15, 0.2) is 0 Å². The lowest BCUT2D eigenvalue weighted by molar-refractivity contribution is -0.384. The van der Waals surface area contributed by atoms with Gasteiger partial charge in [0.1, 0.15) is 5.82 Å². The maximum atomic E-state index is 13.1. The SMILES string of the molecule is O=[N+]([O-])c1ccc(S(=O)(=O)N2CCC(c3nc(-c4ccc(F)cc4)no3)CC2)cc1. The van der Waals surface area contributed by atoms with Crippen LogP contribution in [-0.2, 0) is 10.0 Å². The normalized spacial score (nSPS) is 15.9. The van der Waals surface area contributed by atoms with E-state index in [0.717, 1.165) is 0 Å². The lowest BCUT2D eigenvalue weighted by Crippen LogP contribution is -2.37. The monoisotopic (exact) mass is 432 g/mol. The standard InChI is InChI=1S/C19H17FN4O5S/c20-15-3-1-13(2-4-15)18-21-19(29-22-18)14-9-11-23(12-10-14)30(27,28)17-7-5-16(6-8-17)24(25)26/h1-8,14H,9-12H2. The third-order valence-electron chi connectivity index (χ3n) is 5.03. The predicted molar refractivity (Wildman–Crippen MR) is 104 cm³/mol. The van der Waals surface area contributed by atoms with Crippen LogP contribution in [0.25, 0.3) is 11.4 Å². The van der Waals surface area contributed by atoms with E-state index in [0.29, 0.717) is 30.1 Å². The molecule has 1 saturated heterocycles. The molecule has 11 heteroatoms. The van der Waals surface area contributed by atoms with Crippen molar-refractivity contribution in [1.82, 2.24) is 14.4 Å². The summed E-state index contributed by atoms with van der Waals surface area (Å²) in [6.45, 7) is 0.524. The second kappa shape index (κ2) is 7.92. The minimum Gasteiger partial charge on any atom is -0.339 e. The van der Waals surface area contributed by atoms with Gasteiger partial charge in [0.25, 0.3) is 5.69 Å². The van der Waals surface area contributed by atoms with Crippen molar-refractivity contribution in [2.24, 2.45) is 0 Å². The summed E-state index contributed by atoms with van der Waals surface area (Å²) in [5, 5.41) is 14.7. The summed E-state index contributed by atoms with van der Waals surface area (Å²) in [6.07, 6.45) is 0.995. The zero-order valence-electron chi connectivity index (χ0n) is 15.6. The summed E-state index contributed by atoms with van der Waals surface area (Å²) in [7, 11) is -3.74. The van der Waals surface area contributed by atoms with Gasteiger partial charge in [-0.1, -0.05) is 5.16 Å². The Morgan fingerprint density at radius 1 is 1.07 bits per heavy atom. The highest BCUT2D eigenvalue weighted by molar-refractivity contribution is 7.89. The first-order valence-electron chi connectivity index (χ1n) is 9.19. The number of non-ortho nitro benzene ring substituents is 1. The van der Waals surface area contributed by atoms with Crippen molar-refractivity contribution in [3.8, 4) is 11.4 Å². The summed E-state index contributed by atoms with van der Waals surface area (Å²) < 4.78 is 45.4. The molecular formula is C19H17FN4O5S. The molecule has 0 bridgehead atoms. The Hall–Kier alpha value is -3.18. The van der Waals surface area contributed by atoms with Gasteiger partial charge in [-0.25, -0.2) is 12.8 Å². The minimum absolute atomic E-state index is 0.0166. The van der Waals surface area contributed by atoms with Gasteiger partial charge in [-0.15, -0.1) is 0 Å². The average molecular weight is 432 g/mol. The van der Waals surface area contributed by atoms with Crippen LogP contribution < -0.4 is 0 Å². The van der Waals surface area contributed by atoms with Gasteiger partial charge in [0, 0.05) is 36.7 Å². The molecule has 0 N–H and O–H groups in total. The fourth-order valence-electron chi connectivity index (χ4n) is 3.35. The van der Waals surface area contributed by atoms with Crippen molar-refractivity contribution in [2.75, 3.05) is 13.1 Å². The van der Waals surface area contributed by atoms with Crippen LogP contribution in [0.1, 0.15) is 24.7 Å². The van der Waals surface area contributed by atoms with Crippen molar-refractivity contribution in [1.29, 1.82) is 0 Å². The van der Waals surface area contributed by atoms with Crippen LogP contribution in [0, 0.1) is 15.9 Å². The molecule has 1 aliphatic rings. The van der Waals surface area contributed by atoms with E-state index in [1.165, 1.54) is 40.7 Å². The van der Waals surface area contributed by atoms with Gasteiger partial charge < -0.3 is 4.52 Å². The number of rotatable bonds is 5.